The second-order valence-electron chi connectivity index (χ2n) is 4.65. The molecule has 0 saturated heterocycles. The number of pyridine rings is 2. The fraction of sp³-hybridized carbons (Fsp3) is 0.200. The molecule has 1 amide bonds. The van der Waals surface area contributed by atoms with Crippen LogP contribution in [0.4, 0.5) is 28.0 Å². The van der Waals surface area contributed by atoms with E-state index in [9.17, 15) is 22.4 Å². The van der Waals surface area contributed by atoms with E-state index in [1.165, 1.54) is 6.07 Å². The van der Waals surface area contributed by atoms with E-state index in [4.69, 9.17) is 5.26 Å². The van der Waals surface area contributed by atoms with Crippen LogP contribution in [0.2, 0.25) is 0 Å². The van der Waals surface area contributed by atoms with Crippen molar-refractivity contribution < 1.29 is 27.1 Å². The van der Waals surface area contributed by atoms with Gasteiger partial charge in [-0.2, -0.15) is 18.4 Å². The lowest BCUT2D eigenvalue weighted by Crippen LogP contribution is -2.19. The molecule has 0 spiro atoms. The zero-order valence-electron chi connectivity index (χ0n) is 12.5. The number of nitrogens with one attached hydrogen (secondary N) is 1. The Balaban J connectivity index is 2.32. The Hall–Kier alpha value is -3.22. The first-order valence-electron chi connectivity index (χ1n) is 6.81. The third-order valence-corrected chi connectivity index (χ3v) is 2.85. The number of nitriles is 1. The summed E-state index contributed by atoms with van der Waals surface area (Å²) in [5, 5.41) is 10.2. The van der Waals surface area contributed by atoms with Crippen molar-refractivity contribution in [1.29, 1.82) is 5.26 Å². The van der Waals surface area contributed by atoms with E-state index in [2.05, 4.69) is 14.7 Å². The van der Waals surface area contributed by atoms with E-state index < -0.39 is 29.5 Å². The van der Waals surface area contributed by atoms with Gasteiger partial charge in [0.25, 0.3) is 0 Å². The van der Waals surface area contributed by atoms with Gasteiger partial charge >= 0.3 is 12.3 Å². The van der Waals surface area contributed by atoms with Gasteiger partial charge in [-0.25, -0.2) is 14.2 Å². The molecule has 2 rings (SSSR count). The minimum Gasteiger partial charge on any atom is -0.448 e. The number of halogens is 4. The van der Waals surface area contributed by atoms with Gasteiger partial charge in [-0.3, -0.25) is 10.3 Å². The molecule has 0 radical (unpaired) electrons. The summed E-state index contributed by atoms with van der Waals surface area (Å²) in [6, 6.07) is 4.85. The highest BCUT2D eigenvalue weighted by Gasteiger charge is 2.36. The Bertz CT molecular complexity index is 818. The molecule has 1 N–H and O–H groups in total. The fourth-order valence-corrected chi connectivity index (χ4v) is 1.82. The van der Waals surface area contributed by atoms with Crippen molar-refractivity contribution in [3.8, 4) is 17.3 Å². The second-order valence-corrected chi connectivity index (χ2v) is 4.65. The maximum atomic E-state index is 13.2. The number of alkyl halides is 3. The van der Waals surface area contributed by atoms with Crippen LogP contribution in [-0.4, -0.2) is 22.7 Å². The van der Waals surface area contributed by atoms with Crippen LogP contribution >= 0.6 is 0 Å². The van der Waals surface area contributed by atoms with Crippen molar-refractivity contribution in [3.63, 3.8) is 0 Å². The first kappa shape index (κ1) is 18.1. The van der Waals surface area contributed by atoms with Gasteiger partial charge in [0.05, 0.1) is 30.1 Å². The molecule has 2 aromatic heterocycles. The average Bonchev–Trinajstić information content (AvgIpc) is 2.54. The molecule has 2 heterocycles. The van der Waals surface area contributed by atoms with Crippen molar-refractivity contribution in [1.82, 2.24) is 9.97 Å². The SMILES string of the molecule is N#CCCOC(=O)Nc1ccc(-c2cncc(F)c2)nc1C(F)(F)F. The highest BCUT2D eigenvalue weighted by Crippen LogP contribution is 2.35. The number of nitrogens with zero attached hydrogens (tertiary/aromatic N) is 3. The fourth-order valence-electron chi connectivity index (χ4n) is 1.82. The highest BCUT2D eigenvalue weighted by atomic mass is 19.4. The van der Waals surface area contributed by atoms with Gasteiger partial charge in [-0.05, 0) is 18.2 Å². The van der Waals surface area contributed by atoms with Gasteiger partial charge in [-0.15, -0.1) is 0 Å². The van der Waals surface area contributed by atoms with Crippen molar-refractivity contribution in [2.45, 2.75) is 12.6 Å². The maximum Gasteiger partial charge on any atom is 0.435 e. The number of rotatable bonds is 4. The van der Waals surface area contributed by atoms with Crippen LogP contribution in [0.1, 0.15) is 12.1 Å². The molecular formula is C15H10F4N4O2. The standard InChI is InChI=1S/C15H10F4N4O2/c16-10-6-9(7-21-8-10)11-2-3-12(13(22-11)15(17,18)19)23-14(24)25-5-1-4-20/h2-3,6-8H,1,5H2,(H,23,24). The van der Waals surface area contributed by atoms with E-state index in [0.717, 1.165) is 24.5 Å². The van der Waals surface area contributed by atoms with Crippen LogP contribution in [0.5, 0.6) is 0 Å². The van der Waals surface area contributed by atoms with Gasteiger partial charge in [0, 0.05) is 11.8 Å². The molecule has 10 heteroatoms. The zero-order valence-corrected chi connectivity index (χ0v) is 12.5. The number of hydrogen-bond donors (Lipinski definition) is 1. The summed E-state index contributed by atoms with van der Waals surface area (Å²) in [6.45, 7) is -0.260. The predicted octanol–water partition coefficient (Wildman–Crippen LogP) is 3.76. The van der Waals surface area contributed by atoms with Crippen LogP contribution < -0.4 is 5.32 Å². The highest BCUT2D eigenvalue weighted by molar-refractivity contribution is 5.85. The quantitative estimate of drug-likeness (QED) is 0.667. The van der Waals surface area contributed by atoms with Crippen molar-refractivity contribution in [3.05, 3.63) is 42.1 Å². The Morgan fingerprint density at radius 3 is 2.72 bits per heavy atom. The lowest BCUT2D eigenvalue weighted by atomic mass is 10.1. The summed E-state index contributed by atoms with van der Waals surface area (Å²) in [4.78, 5) is 18.5. The number of amides is 1. The molecule has 0 fully saturated rings. The number of aromatic nitrogens is 2. The Morgan fingerprint density at radius 1 is 1.32 bits per heavy atom. The Morgan fingerprint density at radius 2 is 2.08 bits per heavy atom. The predicted molar refractivity (Wildman–Crippen MR) is 77.6 cm³/mol. The molecule has 6 nitrogen and oxygen atoms in total. The molecule has 0 atom stereocenters. The summed E-state index contributed by atoms with van der Waals surface area (Å²) in [6.07, 6.45) is -4.05. The summed E-state index contributed by atoms with van der Waals surface area (Å²) in [5.74, 6) is -0.726. The normalized spacial score (nSPS) is 10.8. The number of carbonyl (C=O) groups is 1. The second kappa shape index (κ2) is 7.57. The van der Waals surface area contributed by atoms with E-state index in [1.807, 2.05) is 5.32 Å². The van der Waals surface area contributed by atoms with Crippen LogP contribution in [0, 0.1) is 17.1 Å². The molecule has 0 unspecified atom stereocenters. The van der Waals surface area contributed by atoms with E-state index >= 15 is 0 Å². The van der Waals surface area contributed by atoms with E-state index in [-0.39, 0.29) is 24.3 Å². The van der Waals surface area contributed by atoms with Crippen LogP contribution in [0.15, 0.2) is 30.6 Å². The van der Waals surface area contributed by atoms with E-state index in [1.54, 1.807) is 6.07 Å². The zero-order chi connectivity index (χ0) is 18.4. The molecule has 130 valence electrons. The molecule has 0 bridgehead atoms. The van der Waals surface area contributed by atoms with Gasteiger partial charge < -0.3 is 4.74 Å². The van der Waals surface area contributed by atoms with Crippen molar-refractivity contribution in [2.75, 3.05) is 11.9 Å². The van der Waals surface area contributed by atoms with Crippen LogP contribution in [0.25, 0.3) is 11.3 Å². The largest absolute Gasteiger partial charge is 0.448 e. The number of hydrogen-bond acceptors (Lipinski definition) is 5. The molecule has 0 saturated carbocycles. The lowest BCUT2D eigenvalue weighted by Gasteiger charge is -2.14. The summed E-state index contributed by atoms with van der Waals surface area (Å²) >= 11 is 0. The molecule has 0 aliphatic rings. The smallest absolute Gasteiger partial charge is 0.435 e. The first-order chi connectivity index (χ1) is 11.8. The Labute approximate surface area is 139 Å². The lowest BCUT2D eigenvalue weighted by molar-refractivity contribution is -0.140. The van der Waals surface area contributed by atoms with E-state index in [0.29, 0.717) is 0 Å². The van der Waals surface area contributed by atoms with Crippen LogP contribution in [0.3, 0.4) is 0 Å². The topological polar surface area (TPSA) is 87.9 Å². The molecule has 0 aliphatic heterocycles. The summed E-state index contributed by atoms with van der Waals surface area (Å²) in [5.41, 5.74) is -2.11. The third kappa shape index (κ3) is 4.87. The Kier molecular flexibility index (Phi) is 5.49. The van der Waals surface area contributed by atoms with Gasteiger partial charge in [-0.1, -0.05) is 0 Å². The number of ether oxygens (including phenoxy) is 1. The minimum atomic E-state index is -4.87. The van der Waals surface area contributed by atoms with Gasteiger partial charge in [0.15, 0.2) is 5.69 Å². The van der Waals surface area contributed by atoms with Crippen molar-refractivity contribution in [2.24, 2.45) is 0 Å². The summed E-state index contributed by atoms with van der Waals surface area (Å²) < 4.78 is 57.3. The number of carbonyl (C=O) groups excluding carboxylic acids is 1. The maximum absolute atomic E-state index is 13.2. The molecule has 25 heavy (non-hydrogen) atoms. The monoisotopic (exact) mass is 354 g/mol. The van der Waals surface area contributed by atoms with Crippen LogP contribution in [-0.2, 0) is 10.9 Å². The molecular weight excluding hydrogens is 344 g/mol. The first-order valence-corrected chi connectivity index (χ1v) is 6.81. The molecule has 0 aromatic carbocycles. The molecule has 0 aliphatic carbocycles. The number of anilines is 1. The van der Waals surface area contributed by atoms with Gasteiger partial charge in [0.2, 0.25) is 0 Å². The minimum absolute atomic E-state index is 0.0497. The third-order valence-electron chi connectivity index (χ3n) is 2.85. The van der Waals surface area contributed by atoms with Crippen molar-refractivity contribution >= 4 is 11.8 Å². The molecule has 2 aromatic rings. The van der Waals surface area contributed by atoms with Gasteiger partial charge in [0.1, 0.15) is 12.4 Å². The average molecular weight is 354 g/mol. The summed E-state index contributed by atoms with van der Waals surface area (Å²) in [7, 11) is 0.